The number of aromatic nitrogens is 1. The van der Waals surface area contributed by atoms with Crippen molar-refractivity contribution in [3.05, 3.63) is 65.0 Å². The van der Waals surface area contributed by atoms with Crippen LogP contribution < -0.4 is 5.32 Å². The summed E-state index contributed by atoms with van der Waals surface area (Å²) in [5.74, 6) is 0.358. The monoisotopic (exact) mass is 368 g/mol. The molecule has 2 aromatic carbocycles. The van der Waals surface area contributed by atoms with Crippen molar-refractivity contribution in [3.8, 4) is 11.3 Å². The fourth-order valence-electron chi connectivity index (χ4n) is 2.44. The molecular formula is C20H20N2OS2. The lowest BCUT2D eigenvalue weighted by molar-refractivity contribution is -0.113. The van der Waals surface area contributed by atoms with Gasteiger partial charge in [-0.25, -0.2) is 4.98 Å². The van der Waals surface area contributed by atoms with Crippen molar-refractivity contribution in [1.29, 1.82) is 0 Å². The van der Waals surface area contributed by atoms with Crippen LogP contribution in [0.5, 0.6) is 0 Å². The summed E-state index contributed by atoms with van der Waals surface area (Å²) >= 11 is 3.05. The molecule has 25 heavy (non-hydrogen) atoms. The van der Waals surface area contributed by atoms with Crippen LogP contribution in [0.1, 0.15) is 18.1 Å². The topological polar surface area (TPSA) is 42.0 Å². The highest BCUT2D eigenvalue weighted by Gasteiger charge is 2.09. The molecular weight excluding hydrogens is 348 g/mol. The lowest BCUT2D eigenvalue weighted by Crippen LogP contribution is -2.15. The molecule has 0 saturated heterocycles. The van der Waals surface area contributed by atoms with E-state index in [1.165, 1.54) is 17.3 Å². The van der Waals surface area contributed by atoms with Crippen molar-refractivity contribution in [3.63, 3.8) is 0 Å². The third kappa shape index (κ3) is 4.71. The molecule has 0 aliphatic heterocycles. The SMILES string of the molecule is CCc1ccccc1NC(=O)CSc1nc(-c2ccc(C)cc2)cs1. The van der Waals surface area contributed by atoms with Crippen LogP contribution in [0, 0.1) is 6.92 Å². The van der Waals surface area contributed by atoms with Gasteiger partial charge in [-0.15, -0.1) is 11.3 Å². The molecule has 0 radical (unpaired) electrons. The fraction of sp³-hybridized carbons (Fsp3) is 0.200. The summed E-state index contributed by atoms with van der Waals surface area (Å²) in [4.78, 5) is 16.8. The number of thioether (sulfide) groups is 1. The van der Waals surface area contributed by atoms with Gasteiger partial charge in [-0.05, 0) is 25.0 Å². The Bertz CT molecular complexity index is 856. The van der Waals surface area contributed by atoms with E-state index in [0.717, 1.165) is 33.3 Å². The maximum absolute atomic E-state index is 12.2. The first-order chi connectivity index (χ1) is 12.2. The van der Waals surface area contributed by atoms with Crippen LogP contribution in [-0.4, -0.2) is 16.6 Å². The Kier molecular flexibility index (Phi) is 5.89. The van der Waals surface area contributed by atoms with Crippen LogP contribution in [-0.2, 0) is 11.2 Å². The highest BCUT2D eigenvalue weighted by Crippen LogP contribution is 2.28. The van der Waals surface area contributed by atoms with E-state index in [-0.39, 0.29) is 5.91 Å². The van der Waals surface area contributed by atoms with Gasteiger partial charge in [0, 0.05) is 16.6 Å². The zero-order valence-corrected chi connectivity index (χ0v) is 15.9. The van der Waals surface area contributed by atoms with Gasteiger partial charge in [0.1, 0.15) is 0 Å². The second-order valence-corrected chi connectivity index (χ2v) is 7.79. The molecule has 0 aliphatic rings. The average molecular weight is 369 g/mol. The van der Waals surface area contributed by atoms with Crippen LogP contribution in [0.3, 0.4) is 0 Å². The van der Waals surface area contributed by atoms with E-state index in [0.29, 0.717) is 5.75 Å². The summed E-state index contributed by atoms with van der Waals surface area (Å²) < 4.78 is 0.912. The third-order valence-corrected chi connectivity index (χ3v) is 5.85. The number of para-hydroxylation sites is 1. The summed E-state index contributed by atoms with van der Waals surface area (Å²) in [6.45, 7) is 4.16. The number of carbonyl (C=O) groups is 1. The number of carbonyl (C=O) groups excluding carboxylic acids is 1. The number of hydrogen-bond acceptors (Lipinski definition) is 4. The number of aryl methyl sites for hydroxylation is 2. The second kappa shape index (κ2) is 8.32. The number of hydrogen-bond donors (Lipinski definition) is 1. The van der Waals surface area contributed by atoms with Gasteiger partial charge in [0.25, 0.3) is 0 Å². The van der Waals surface area contributed by atoms with Gasteiger partial charge in [-0.3, -0.25) is 4.79 Å². The maximum Gasteiger partial charge on any atom is 0.234 e. The minimum Gasteiger partial charge on any atom is -0.325 e. The summed E-state index contributed by atoms with van der Waals surface area (Å²) in [5, 5.41) is 5.03. The molecule has 1 N–H and O–H groups in total. The molecule has 1 heterocycles. The molecule has 1 aromatic heterocycles. The van der Waals surface area contributed by atoms with Gasteiger partial charge in [-0.2, -0.15) is 0 Å². The van der Waals surface area contributed by atoms with Crippen molar-refractivity contribution in [2.75, 3.05) is 11.1 Å². The predicted octanol–water partition coefficient (Wildman–Crippen LogP) is 5.41. The normalized spacial score (nSPS) is 10.6. The zero-order chi connectivity index (χ0) is 17.6. The highest BCUT2D eigenvalue weighted by atomic mass is 32.2. The Hall–Kier alpha value is -2.11. The van der Waals surface area contributed by atoms with Gasteiger partial charge < -0.3 is 5.32 Å². The predicted molar refractivity (Wildman–Crippen MR) is 107 cm³/mol. The van der Waals surface area contributed by atoms with Crippen LogP contribution in [0.25, 0.3) is 11.3 Å². The lowest BCUT2D eigenvalue weighted by Gasteiger charge is -2.08. The minimum absolute atomic E-state index is 0.00186. The Morgan fingerprint density at radius 2 is 1.92 bits per heavy atom. The first kappa shape index (κ1) is 17.7. The second-order valence-electron chi connectivity index (χ2n) is 5.71. The third-order valence-electron chi connectivity index (χ3n) is 3.83. The van der Waals surface area contributed by atoms with Gasteiger partial charge in [0.05, 0.1) is 11.4 Å². The molecule has 1 amide bonds. The van der Waals surface area contributed by atoms with Gasteiger partial charge in [-0.1, -0.05) is 66.7 Å². The van der Waals surface area contributed by atoms with E-state index in [1.54, 1.807) is 11.3 Å². The quantitative estimate of drug-likeness (QED) is 0.591. The van der Waals surface area contributed by atoms with Crippen LogP contribution in [0.4, 0.5) is 5.69 Å². The molecule has 128 valence electrons. The van der Waals surface area contributed by atoms with Crippen LogP contribution in [0.15, 0.2) is 58.3 Å². The van der Waals surface area contributed by atoms with E-state index >= 15 is 0 Å². The molecule has 0 unspecified atom stereocenters. The van der Waals surface area contributed by atoms with Crippen molar-refractivity contribution >= 4 is 34.7 Å². The van der Waals surface area contributed by atoms with Crippen molar-refractivity contribution in [2.24, 2.45) is 0 Å². The number of nitrogens with zero attached hydrogens (tertiary/aromatic N) is 1. The first-order valence-electron chi connectivity index (χ1n) is 8.19. The molecule has 3 nitrogen and oxygen atoms in total. The van der Waals surface area contributed by atoms with Gasteiger partial charge >= 0.3 is 0 Å². The van der Waals surface area contributed by atoms with Crippen molar-refractivity contribution in [1.82, 2.24) is 4.98 Å². The number of anilines is 1. The molecule has 5 heteroatoms. The molecule has 3 rings (SSSR count). The van der Waals surface area contributed by atoms with Crippen LogP contribution in [0.2, 0.25) is 0 Å². The van der Waals surface area contributed by atoms with E-state index < -0.39 is 0 Å². The number of nitrogens with one attached hydrogen (secondary N) is 1. The number of thiazole rings is 1. The summed E-state index contributed by atoms with van der Waals surface area (Å²) in [6.07, 6.45) is 0.899. The molecule has 0 aliphatic carbocycles. The van der Waals surface area contributed by atoms with Crippen molar-refractivity contribution < 1.29 is 4.79 Å². The summed E-state index contributed by atoms with van der Waals surface area (Å²) in [5.41, 5.74) is 5.35. The molecule has 0 fully saturated rings. The van der Waals surface area contributed by atoms with E-state index in [4.69, 9.17) is 0 Å². The van der Waals surface area contributed by atoms with Gasteiger partial charge in [0.2, 0.25) is 5.91 Å². The van der Waals surface area contributed by atoms with E-state index in [9.17, 15) is 4.79 Å². The van der Waals surface area contributed by atoms with Gasteiger partial charge in [0.15, 0.2) is 4.34 Å². The first-order valence-corrected chi connectivity index (χ1v) is 10.1. The number of rotatable bonds is 6. The number of amides is 1. The Labute approximate surface area is 156 Å². The Morgan fingerprint density at radius 1 is 1.16 bits per heavy atom. The van der Waals surface area contributed by atoms with E-state index in [1.807, 2.05) is 29.6 Å². The summed E-state index contributed by atoms with van der Waals surface area (Å²) in [7, 11) is 0. The number of benzene rings is 2. The smallest absolute Gasteiger partial charge is 0.234 e. The Balaban J connectivity index is 1.58. The molecule has 0 spiro atoms. The standard InChI is InChI=1S/C20H20N2OS2/c1-3-15-6-4-5-7-17(15)21-19(23)13-25-20-22-18(12-24-20)16-10-8-14(2)9-11-16/h4-12H,3,13H2,1-2H3,(H,21,23). The summed E-state index contributed by atoms with van der Waals surface area (Å²) in [6, 6.07) is 16.2. The molecule has 0 bridgehead atoms. The lowest BCUT2D eigenvalue weighted by atomic mass is 10.1. The molecule has 0 atom stereocenters. The largest absolute Gasteiger partial charge is 0.325 e. The zero-order valence-electron chi connectivity index (χ0n) is 14.3. The Morgan fingerprint density at radius 3 is 2.68 bits per heavy atom. The fourth-order valence-corrected chi connectivity index (χ4v) is 4.08. The maximum atomic E-state index is 12.2. The van der Waals surface area contributed by atoms with E-state index in [2.05, 4.69) is 48.4 Å². The van der Waals surface area contributed by atoms with Crippen LogP contribution >= 0.6 is 23.1 Å². The average Bonchev–Trinajstić information content (AvgIpc) is 3.10. The molecule has 0 saturated carbocycles. The minimum atomic E-state index is -0.00186. The highest BCUT2D eigenvalue weighted by molar-refractivity contribution is 8.01. The van der Waals surface area contributed by atoms with Crippen molar-refractivity contribution in [2.45, 2.75) is 24.6 Å². The molecule has 3 aromatic rings.